The van der Waals surface area contributed by atoms with Crippen molar-refractivity contribution in [2.24, 2.45) is 5.92 Å². The fourth-order valence-corrected chi connectivity index (χ4v) is 5.49. The van der Waals surface area contributed by atoms with Crippen LogP contribution >= 0.6 is 11.8 Å². The van der Waals surface area contributed by atoms with E-state index in [-0.39, 0.29) is 11.7 Å². The van der Waals surface area contributed by atoms with Crippen LogP contribution < -0.4 is 0 Å². The lowest BCUT2D eigenvalue weighted by atomic mass is 9.99. The number of Topliss-reactive ketones (excluding diaryl/α,β-unsaturated/α-hetero) is 1. The predicted molar refractivity (Wildman–Crippen MR) is 87.5 cm³/mol. The van der Waals surface area contributed by atoms with Gasteiger partial charge in [-0.25, -0.2) is 8.42 Å². The highest BCUT2D eigenvalue weighted by atomic mass is 32.2. The van der Waals surface area contributed by atoms with Crippen LogP contribution in [0.3, 0.4) is 0 Å². The van der Waals surface area contributed by atoms with Crippen molar-refractivity contribution in [3.8, 4) is 0 Å². The first-order chi connectivity index (χ1) is 9.89. The van der Waals surface area contributed by atoms with Gasteiger partial charge in [-0.2, -0.15) is 11.8 Å². The maximum absolute atomic E-state index is 12.4. The third-order valence-corrected chi connectivity index (χ3v) is 6.39. The van der Waals surface area contributed by atoms with Crippen molar-refractivity contribution in [3.05, 3.63) is 35.9 Å². The summed E-state index contributed by atoms with van der Waals surface area (Å²) in [5.41, 5.74) is 0.687. The van der Waals surface area contributed by atoms with Gasteiger partial charge < -0.3 is 0 Å². The second-order valence-corrected chi connectivity index (χ2v) is 8.84. The number of carbonyl (C=O) groups excluding carboxylic acids is 1. The molecule has 0 radical (unpaired) electrons. The average molecular weight is 327 g/mol. The van der Waals surface area contributed by atoms with Gasteiger partial charge in [0.05, 0.1) is 0 Å². The minimum absolute atomic E-state index is 0.0704. The van der Waals surface area contributed by atoms with Gasteiger partial charge >= 0.3 is 0 Å². The van der Waals surface area contributed by atoms with Gasteiger partial charge in [-0.05, 0) is 0 Å². The summed E-state index contributed by atoms with van der Waals surface area (Å²) in [7, 11) is -3.12. The molecule has 2 unspecified atom stereocenters. The minimum Gasteiger partial charge on any atom is -0.294 e. The average Bonchev–Trinajstić information content (AvgIpc) is 2.47. The molecule has 0 saturated carbocycles. The molecule has 1 aliphatic rings. The normalized spacial score (nSPS) is 21.9. The summed E-state index contributed by atoms with van der Waals surface area (Å²) in [6.07, 6.45) is 1.28. The maximum Gasteiger partial charge on any atom is 0.166 e. The molecule has 4 nitrogen and oxygen atoms in total. The van der Waals surface area contributed by atoms with Crippen LogP contribution in [0.4, 0.5) is 0 Å². The first-order valence-electron chi connectivity index (χ1n) is 6.99. The molecule has 2 rings (SSSR count). The number of thioether (sulfide) groups is 1. The van der Waals surface area contributed by atoms with E-state index in [2.05, 4.69) is 0 Å². The summed E-state index contributed by atoms with van der Waals surface area (Å²) in [6.45, 7) is 3.08. The van der Waals surface area contributed by atoms with Gasteiger partial charge in [0.2, 0.25) is 0 Å². The summed E-state index contributed by atoms with van der Waals surface area (Å²) in [6, 6.07) is 9.18. The van der Waals surface area contributed by atoms with Crippen molar-refractivity contribution >= 4 is 27.4 Å². The second-order valence-electron chi connectivity index (χ2n) is 5.49. The van der Waals surface area contributed by atoms with E-state index < -0.39 is 15.2 Å². The third-order valence-electron chi connectivity index (χ3n) is 3.70. The smallest absolute Gasteiger partial charge is 0.166 e. The molecular formula is C15H21NO3S2. The van der Waals surface area contributed by atoms with E-state index >= 15 is 0 Å². The number of benzene rings is 1. The zero-order valence-corrected chi connectivity index (χ0v) is 14.0. The largest absolute Gasteiger partial charge is 0.294 e. The summed E-state index contributed by atoms with van der Waals surface area (Å²) in [4.78, 5) is 14.3. The van der Waals surface area contributed by atoms with E-state index in [0.29, 0.717) is 17.9 Å². The molecule has 0 N–H and O–H groups in total. The van der Waals surface area contributed by atoms with Crippen LogP contribution in [-0.4, -0.2) is 55.3 Å². The monoisotopic (exact) mass is 327 g/mol. The lowest BCUT2D eigenvalue weighted by molar-refractivity contribution is 0.0892. The lowest BCUT2D eigenvalue weighted by Gasteiger charge is -2.35. The number of ketones is 1. The first-order valence-corrected chi connectivity index (χ1v) is 10.1. The first kappa shape index (κ1) is 16.5. The molecule has 0 amide bonds. The van der Waals surface area contributed by atoms with Gasteiger partial charge in [0.1, 0.15) is 5.37 Å². The van der Waals surface area contributed by atoms with Crippen LogP contribution in [0.25, 0.3) is 0 Å². The van der Waals surface area contributed by atoms with E-state index in [4.69, 9.17) is 0 Å². The number of carbonyl (C=O) groups is 1. The van der Waals surface area contributed by atoms with Crippen molar-refractivity contribution in [1.29, 1.82) is 0 Å². The van der Waals surface area contributed by atoms with Crippen molar-refractivity contribution in [2.75, 3.05) is 30.9 Å². The Kier molecular flexibility index (Phi) is 5.46. The molecule has 1 aromatic rings. The molecular weight excluding hydrogens is 306 g/mol. The molecule has 116 valence electrons. The molecule has 1 aromatic carbocycles. The van der Waals surface area contributed by atoms with Gasteiger partial charge in [0.15, 0.2) is 15.6 Å². The molecule has 2 atom stereocenters. The standard InChI is InChI=1S/C15H21NO3S2/c1-12(15(17)13-6-4-3-5-7-13)10-16-8-9-20-11-14(16)21(2,18)19/h3-7,12,14H,8-11H2,1-2H3. The van der Waals surface area contributed by atoms with Crippen molar-refractivity contribution in [2.45, 2.75) is 12.3 Å². The highest BCUT2D eigenvalue weighted by Gasteiger charge is 2.32. The number of rotatable bonds is 5. The number of hydrogen-bond acceptors (Lipinski definition) is 5. The number of sulfone groups is 1. The fourth-order valence-electron chi connectivity index (χ4n) is 2.54. The quantitative estimate of drug-likeness (QED) is 0.774. The number of hydrogen-bond donors (Lipinski definition) is 0. The molecule has 0 bridgehead atoms. The van der Waals surface area contributed by atoms with Crippen molar-refractivity contribution in [3.63, 3.8) is 0 Å². The topological polar surface area (TPSA) is 54.5 Å². The fraction of sp³-hybridized carbons (Fsp3) is 0.533. The van der Waals surface area contributed by atoms with Crippen LogP contribution in [-0.2, 0) is 9.84 Å². The van der Waals surface area contributed by atoms with Crippen LogP contribution in [0, 0.1) is 5.92 Å². The Bertz CT molecular complexity index is 586. The molecule has 0 aliphatic carbocycles. The van der Waals surface area contributed by atoms with E-state index in [1.807, 2.05) is 30.0 Å². The Hall–Kier alpha value is -0.850. The third kappa shape index (κ3) is 4.31. The summed E-state index contributed by atoms with van der Waals surface area (Å²) >= 11 is 1.66. The SMILES string of the molecule is CC(CN1CCSCC1S(C)(=O)=O)C(=O)c1ccccc1. The molecule has 0 spiro atoms. The molecule has 1 saturated heterocycles. The summed E-state index contributed by atoms with van der Waals surface area (Å²) in [5.74, 6) is 1.37. The van der Waals surface area contributed by atoms with Gasteiger partial charge in [0, 0.05) is 42.3 Å². The van der Waals surface area contributed by atoms with E-state index in [9.17, 15) is 13.2 Å². The van der Waals surface area contributed by atoms with Crippen LogP contribution in [0.1, 0.15) is 17.3 Å². The van der Waals surface area contributed by atoms with Crippen LogP contribution in [0.5, 0.6) is 0 Å². The predicted octanol–water partition coefficient (Wildman–Crippen LogP) is 1.92. The van der Waals surface area contributed by atoms with Crippen molar-refractivity contribution in [1.82, 2.24) is 4.90 Å². The Morgan fingerprint density at radius 1 is 1.38 bits per heavy atom. The molecule has 6 heteroatoms. The minimum atomic E-state index is -3.12. The Morgan fingerprint density at radius 2 is 2.05 bits per heavy atom. The molecule has 1 heterocycles. The molecule has 1 fully saturated rings. The summed E-state index contributed by atoms with van der Waals surface area (Å²) in [5, 5.41) is -0.470. The maximum atomic E-state index is 12.4. The second kappa shape index (κ2) is 6.94. The summed E-state index contributed by atoms with van der Waals surface area (Å²) < 4.78 is 23.8. The zero-order chi connectivity index (χ0) is 15.5. The highest BCUT2D eigenvalue weighted by molar-refractivity contribution is 8.00. The van der Waals surface area contributed by atoms with E-state index in [1.165, 1.54) is 6.26 Å². The van der Waals surface area contributed by atoms with E-state index in [1.54, 1.807) is 23.9 Å². The van der Waals surface area contributed by atoms with Crippen LogP contribution in [0.15, 0.2) is 30.3 Å². The van der Waals surface area contributed by atoms with Gasteiger partial charge in [0.25, 0.3) is 0 Å². The zero-order valence-electron chi connectivity index (χ0n) is 12.4. The Balaban J connectivity index is 2.07. The lowest BCUT2D eigenvalue weighted by Crippen LogP contribution is -2.49. The molecule has 21 heavy (non-hydrogen) atoms. The van der Waals surface area contributed by atoms with Crippen LogP contribution in [0.2, 0.25) is 0 Å². The molecule has 1 aliphatic heterocycles. The van der Waals surface area contributed by atoms with Gasteiger partial charge in [-0.3, -0.25) is 9.69 Å². The van der Waals surface area contributed by atoms with Crippen molar-refractivity contribution < 1.29 is 13.2 Å². The number of nitrogens with zero attached hydrogens (tertiary/aromatic N) is 1. The van der Waals surface area contributed by atoms with Gasteiger partial charge in [-0.15, -0.1) is 0 Å². The Morgan fingerprint density at radius 3 is 2.67 bits per heavy atom. The molecule has 0 aromatic heterocycles. The van der Waals surface area contributed by atoms with Gasteiger partial charge in [-0.1, -0.05) is 37.3 Å². The Labute approximate surface area is 130 Å². The highest BCUT2D eigenvalue weighted by Crippen LogP contribution is 2.22. The van der Waals surface area contributed by atoms with E-state index in [0.717, 1.165) is 12.3 Å².